The smallest absolute Gasteiger partial charge is 0.176 e. The van der Waals surface area contributed by atoms with E-state index in [1.807, 2.05) is 29.8 Å². The van der Waals surface area contributed by atoms with Gasteiger partial charge in [-0.2, -0.15) is 0 Å². The Balaban J connectivity index is 2.16. The number of benzene rings is 1. The van der Waals surface area contributed by atoms with Crippen LogP contribution in [0.2, 0.25) is 0 Å². The summed E-state index contributed by atoms with van der Waals surface area (Å²) in [6.45, 7) is 0.661. The van der Waals surface area contributed by atoms with Crippen molar-refractivity contribution in [1.82, 2.24) is 9.55 Å². The van der Waals surface area contributed by atoms with Gasteiger partial charge in [0.1, 0.15) is 0 Å². The molecule has 0 radical (unpaired) electrons. The molecule has 0 fully saturated rings. The highest BCUT2D eigenvalue weighted by atomic mass is 16.3. The number of fused-ring (bicyclic) bond motifs is 1. The topological polar surface area (TPSA) is 57.0 Å². The quantitative estimate of drug-likeness (QED) is 0.765. The van der Waals surface area contributed by atoms with E-state index in [1.54, 1.807) is 6.26 Å². The maximum Gasteiger partial charge on any atom is 0.176 e. The summed E-state index contributed by atoms with van der Waals surface area (Å²) in [6.07, 6.45) is 2.55. The molecule has 0 aliphatic heterocycles. The average Bonchev–Trinajstić information content (AvgIpc) is 2.99. The summed E-state index contributed by atoms with van der Waals surface area (Å²) in [5.74, 6) is 1.63. The van der Waals surface area contributed by atoms with Crippen LogP contribution in [0.5, 0.6) is 0 Å². The Morgan fingerprint density at radius 1 is 1.33 bits per heavy atom. The Labute approximate surface area is 105 Å². The molecule has 18 heavy (non-hydrogen) atoms. The number of imidazole rings is 1. The molecular formula is C14H15N3O. The second kappa shape index (κ2) is 4.31. The lowest BCUT2D eigenvalue weighted by atomic mass is 10.1. The summed E-state index contributed by atoms with van der Waals surface area (Å²) in [7, 11) is 2.00. The zero-order valence-corrected chi connectivity index (χ0v) is 10.3. The van der Waals surface area contributed by atoms with E-state index < -0.39 is 0 Å². The fraction of sp³-hybridized carbons (Fsp3) is 0.214. The van der Waals surface area contributed by atoms with Gasteiger partial charge in [0.15, 0.2) is 11.6 Å². The maximum absolute atomic E-state index is 5.59. The summed E-state index contributed by atoms with van der Waals surface area (Å²) < 4.78 is 7.45. The lowest BCUT2D eigenvalue weighted by Crippen LogP contribution is -2.02. The molecule has 2 heterocycles. The van der Waals surface area contributed by atoms with E-state index in [0.29, 0.717) is 6.54 Å². The maximum atomic E-state index is 5.59. The lowest BCUT2D eigenvalue weighted by molar-refractivity contribution is 0.574. The van der Waals surface area contributed by atoms with Crippen molar-refractivity contribution in [3.63, 3.8) is 0 Å². The van der Waals surface area contributed by atoms with E-state index in [2.05, 4.69) is 17.1 Å². The van der Waals surface area contributed by atoms with Crippen LogP contribution in [-0.4, -0.2) is 16.1 Å². The van der Waals surface area contributed by atoms with Crippen LogP contribution in [0.1, 0.15) is 5.56 Å². The van der Waals surface area contributed by atoms with Crippen LogP contribution < -0.4 is 5.73 Å². The van der Waals surface area contributed by atoms with Crippen molar-refractivity contribution in [2.45, 2.75) is 6.42 Å². The number of hydrogen-bond donors (Lipinski definition) is 1. The second-order valence-electron chi connectivity index (χ2n) is 4.33. The van der Waals surface area contributed by atoms with E-state index in [1.165, 1.54) is 5.56 Å². The van der Waals surface area contributed by atoms with Gasteiger partial charge in [-0.15, -0.1) is 0 Å². The molecule has 0 amide bonds. The fourth-order valence-corrected chi connectivity index (χ4v) is 2.18. The highest BCUT2D eigenvalue weighted by Crippen LogP contribution is 2.24. The molecule has 0 aliphatic rings. The molecule has 0 saturated carbocycles. The number of aryl methyl sites for hydroxylation is 1. The molecule has 0 bridgehead atoms. The highest BCUT2D eigenvalue weighted by Gasteiger charge is 2.11. The molecule has 0 unspecified atom stereocenters. The normalized spacial score (nSPS) is 11.2. The van der Waals surface area contributed by atoms with Gasteiger partial charge >= 0.3 is 0 Å². The lowest BCUT2D eigenvalue weighted by Gasteiger charge is -2.01. The van der Waals surface area contributed by atoms with E-state index >= 15 is 0 Å². The van der Waals surface area contributed by atoms with E-state index in [0.717, 1.165) is 29.0 Å². The second-order valence-corrected chi connectivity index (χ2v) is 4.33. The Morgan fingerprint density at radius 2 is 2.22 bits per heavy atom. The number of aromatic nitrogens is 2. The highest BCUT2D eigenvalue weighted by molar-refractivity contribution is 5.80. The number of rotatable bonds is 3. The summed E-state index contributed by atoms with van der Waals surface area (Å²) in [4.78, 5) is 4.59. The molecule has 4 nitrogen and oxygen atoms in total. The molecule has 0 atom stereocenters. The van der Waals surface area contributed by atoms with Crippen LogP contribution >= 0.6 is 0 Å². The van der Waals surface area contributed by atoms with Crippen LogP contribution in [0.15, 0.2) is 41.0 Å². The van der Waals surface area contributed by atoms with Gasteiger partial charge in [-0.3, -0.25) is 0 Å². The Morgan fingerprint density at radius 3 is 2.94 bits per heavy atom. The van der Waals surface area contributed by atoms with Crippen molar-refractivity contribution in [3.8, 4) is 11.6 Å². The average molecular weight is 241 g/mol. The summed E-state index contributed by atoms with van der Waals surface area (Å²) in [5.41, 5.74) is 8.90. The third-order valence-corrected chi connectivity index (χ3v) is 3.12. The summed E-state index contributed by atoms with van der Waals surface area (Å²) >= 11 is 0. The summed E-state index contributed by atoms with van der Waals surface area (Å²) in [5, 5.41) is 0. The predicted molar refractivity (Wildman–Crippen MR) is 71.2 cm³/mol. The predicted octanol–water partition coefficient (Wildman–Crippen LogP) is 2.33. The van der Waals surface area contributed by atoms with Crippen molar-refractivity contribution in [3.05, 3.63) is 42.2 Å². The molecule has 2 aromatic heterocycles. The van der Waals surface area contributed by atoms with Crippen molar-refractivity contribution in [2.75, 3.05) is 6.54 Å². The van der Waals surface area contributed by atoms with Gasteiger partial charge in [-0.1, -0.05) is 6.07 Å². The first kappa shape index (κ1) is 11.0. The molecule has 0 saturated heterocycles. The minimum atomic E-state index is 0.661. The van der Waals surface area contributed by atoms with Gasteiger partial charge in [0, 0.05) is 7.05 Å². The van der Waals surface area contributed by atoms with Gasteiger partial charge < -0.3 is 14.7 Å². The van der Waals surface area contributed by atoms with Gasteiger partial charge in [0.05, 0.1) is 17.3 Å². The molecular weight excluding hydrogens is 226 g/mol. The molecule has 2 N–H and O–H groups in total. The van der Waals surface area contributed by atoms with Gasteiger partial charge in [-0.25, -0.2) is 4.98 Å². The molecule has 3 rings (SSSR count). The Hall–Kier alpha value is -2.07. The molecule has 92 valence electrons. The first-order valence-electron chi connectivity index (χ1n) is 5.99. The number of nitrogens with two attached hydrogens (primary N) is 1. The largest absolute Gasteiger partial charge is 0.461 e. The molecule has 4 heteroatoms. The first-order chi connectivity index (χ1) is 8.79. The molecule has 0 spiro atoms. The van der Waals surface area contributed by atoms with Crippen LogP contribution in [0.25, 0.3) is 22.6 Å². The van der Waals surface area contributed by atoms with Gasteiger partial charge in [-0.05, 0) is 42.8 Å². The van der Waals surface area contributed by atoms with E-state index in [-0.39, 0.29) is 0 Å². The minimum Gasteiger partial charge on any atom is -0.461 e. The van der Waals surface area contributed by atoms with Crippen molar-refractivity contribution >= 4 is 11.0 Å². The SMILES string of the molecule is Cn1c(-c2ccco2)nc2ccc(CCN)cc21. The third-order valence-electron chi connectivity index (χ3n) is 3.12. The van der Waals surface area contributed by atoms with E-state index in [9.17, 15) is 0 Å². The van der Waals surface area contributed by atoms with Gasteiger partial charge in [0.25, 0.3) is 0 Å². The van der Waals surface area contributed by atoms with Crippen LogP contribution in [0, 0.1) is 0 Å². The zero-order valence-electron chi connectivity index (χ0n) is 10.3. The third kappa shape index (κ3) is 1.71. The first-order valence-corrected chi connectivity index (χ1v) is 5.99. The zero-order chi connectivity index (χ0) is 12.5. The monoisotopic (exact) mass is 241 g/mol. The van der Waals surface area contributed by atoms with Gasteiger partial charge in [0.2, 0.25) is 0 Å². The minimum absolute atomic E-state index is 0.661. The van der Waals surface area contributed by atoms with Crippen molar-refractivity contribution in [1.29, 1.82) is 0 Å². The summed E-state index contributed by atoms with van der Waals surface area (Å²) in [6, 6.07) is 10.0. The van der Waals surface area contributed by atoms with Crippen molar-refractivity contribution < 1.29 is 4.42 Å². The molecule has 1 aromatic carbocycles. The molecule has 0 aliphatic carbocycles. The number of nitrogens with zero attached hydrogens (tertiary/aromatic N) is 2. The van der Waals surface area contributed by atoms with E-state index in [4.69, 9.17) is 10.2 Å². The van der Waals surface area contributed by atoms with Crippen molar-refractivity contribution in [2.24, 2.45) is 12.8 Å². The Bertz CT molecular complexity index is 668. The number of furan rings is 1. The Kier molecular flexibility index (Phi) is 2.64. The number of hydrogen-bond acceptors (Lipinski definition) is 3. The standard InChI is InChI=1S/C14H15N3O/c1-17-12-9-10(6-7-15)4-5-11(12)16-14(17)13-3-2-8-18-13/h2-5,8-9H,6-7,15H2,1H3. The van der Waals surface area contributed by atoms with Crippen LogP contribution in [0.4, 0.5) is 0 Å². The van der Waals surface area contributed by atoms with Crippen LogP contribution in [-0.2, 0) is 13.5 Å². The molecule has 3 aromatic rings. The fourth-order valence-electron chi connectivity index (χ4n) is 2.18. The van der Waals surface area contributed by atoms with Crippen LogP contribution in [0.3, 0.4) is 0 Å².